The number of rotatable bonds is 1. The van der Waals surface area contributed by atoms with Crippen molar-refractivity contribution < 1.29 is 9.90 Å². The Hall–Kier alpha value is -1.35. The molecule has 0 radical (unpaired) electrons. The highest BCUT2D eigenvalue weighted by Crippen LogP contribution is 2.25. The summed E-state index contributed by atoms with van der Waals surface area (Å²) in [6, 6.07) is 6.05. The topological polar surface area (TPSA) is 40.5 Å². The van der Waals surface area contributed by atoms with Crippen LogP contribution in [-0.2, 0) is 4.79 Å². The number of hydrogen-bond acceptors (Lipinski definition) is 2. The van der Waals surface area contributed by atoms with Gasteiger partial charge in [-0.25, -0.2) is 0 Å². The maximum Gasteiger partial charge on any atom is 0.227 e. The van der Waals surface area contributed by atoms with E-state index in [1.54, 1.807) is 4.90 Å². The molecule has 1 aliphatic rings. The quantitative estimate of drug-likeness (QED) is 0.782. The summed E-state index contributed by atoms with van der Waals surface area (Å²) in [5, 5.41) is 9.62. The Morgan fingerprint density at radius 2 is 2.12 bits per heavy atom. The molecule has 1 heterocycles. The summed E-state index contributed by atoms with van der Waals surface area (Å²) in [7, 11) is 0. The monoisotopic (exact) mass is 219 g/mol. The smallest absolute Gasteiger partial charge is 0.227 e. The van der Waals surface area contributed by atoms with Gasteiger partial charge >= 0.3 is 0 Å². The Bertz CT molecular complexity index is 414. The van der Waals surface area contributed by atoms with E-state index in [1.807, 2.05) is 32.0 Å². The first-order valence-electron chi connectivity index (χ1n) is 5.63. The van der Waals surface area contributed by atoms with E-state index in [2.05, 4.69) is 0 Å². The second-order valence-corrected chi connectivity index (χ2v) is 4.49. The standard InChI is InChI=1S/C13H17NO2/c1-9-3-4-10(2)12(7-9)14-8-11(15)5-6-13(14)16/h3-4,7,11,15H,5-6,8H2,1-2H3. The van der Waals surface area contributed by atoms with E-state index in [-0.39, 0.29) is 5.91 Å². The van der Waals surface area contributed by atoms with Crippen LogP contribution < -0.4 is 4.90 Å². The minimum Gasteiger partial charge on any atom is -0.391 e. The number of benzene rings is 1. The number of piperidine rings is 1. The molecule has 1 aromatic carbocycles. The summed E-state index contributed by atoms with van der Waals surface area (Å²) < 4.78 is 0. The molecule has 1 fully saturated rings. The normalized spacial score (nSPS) is 21.3. The number of nitrogens with zero attached hydrogens (tertiary/aromatic N) is 1. The van der Waals surface area contributed by atoms with Crippen molar-refractivity contribution in [3.8, 4) is 0 Å². The van der Waals surface area contributed by atoms with Crippen LogP contribution >= 0.6 is 0 Å². The average molecular weight is 219 g/mol. The third-order valence-electron chi connectivity index (χ3n) is 3.04. The molecule has 1 amide bonds. The van der Waals surface area contributed by atoms with E-state index in [1.165, 1.54) is 0 Å². The molecular weight excluding hydrogens is 202 g/mol. The summed E-state index contributed by atoms with van der Waals surface area (Å²) in [5.74, 6) is 0.110. The first-order chi connectivity index (χ1) is 7.58. The number of carbonyl (C=O) groups is 1. The Morgan fingerprint density at radius 3 is 2.88 bits per heavy atom. The molecule has 2 rings (SSSR count). The molecule has 1 aromatic rings. The van der Waals surface area contributed by atoms with Gasteiger partial charge in [0.15, 0.2) is 0 Å². The first-order valence-corrected chi connectivity index (χ1v) is 5.63. The van der Waals surface area contributed by atoms with Crippen LogP contribution in [0.2, 0.25) is 0 Å². The zero-order valence-corrected chi connectivity index (χ0v) is 9.73. The Kier molecular flexibility index (Phi) is 2.97. The lowest BCUT2D eigenvalue weighted by Gasteiger charge is -2.31. The van der Waals surface area contributed by atoms with Crippen LogP contribution in [0.5, 0.6) is 0 Å². The van der Waals surface area contributed by atoms with Crippen LogP contribution in [0.25, 0.3) is 0 Å². The third kappa shape index (κ3) is 2.09. The van der Waals surface area contributed by atoms with Gasteiger partial charge in [0.05, 0.1) is 12.6 Å². The number of β-amino-alcohol motifs (C(OH)–C–C–N with tert-alkyl or cyclic N) is 1. The number of amides is 1. The van der Waals surface area contributed by atoms with Crippen LogP contribution in [-0.4, -0.2) is 23.7 Å². The van der Waals surface area contributed by atoms with Gasteiger partial charge in [-0.2, -0.15) is 0 Å². The van der Waals surface area contributed by atoms with Crippen LogP contribution in [0.1, 0.15) is 24.0 Å². The number of anilines is 1. The van der Waals surface area contributed by atoms with Crippen molar-refractivity contribution >= 4 is 11.6 Å². The Labute approximate surface area is 95.7 Å². The molecule has 0 aromatic heterocycles. The zero-order chi connectivity index (χ0) is 11.7. The molecule has 0 aliphatic carbocycles. The fourth-order valence-corrected chi connectivity index (χ4v) is 2.07. The molecule has 0 saturated carbocycles. The summed E-state index contributed by atoms with van der Waals surface area (Å²) in [5.41, 5.74) is 3.14. The van der Waals surface area contributed by atoms with Crippen molar-refractivity contribution in [3.05, 3.63) is 29.3 Å². The molecule has 1 saturated heterocycles. The molecule has 16 heavy (non-hydrogen) atoms. The zero-order valence-electron chi connectivity index (χ0n) is 9.73. The molecule has 1 aliphatic heterocycles. The summed E-state index contributed by atoms with van der Waals surface area (Å²) in [6.45, 7) is 4.42. The van der Waals surface area contributed by atoms with Crippen molar-refractivity contribution in [1.82, 2.24) is 0 Å². The summed E-state index contributed by atoms with van der Waals surface area (Å²) in [4.78, 5) is 13.5. The number of aliphatic hydroxyl groups is 1. The number of hydrogen-bond donors (Lipinski definition) is 1. The predicted molar refractivity (Wildman–Crippen MR) is 63.5 cm³/mol. The van der Waals surface area contributed by atoms with Crippen molar-refractivity contribution in [2.45, 2.75) is 32.8 Å². The van der Waals surface area contributed by atoms with Gasteiger partial charge in [-0.3, -0.25) is 4.79 Å². The SMILES string of the molecule is Cc1ccc(C)c(N2CC(O)CCC2=O)c1. The van der Waals surface area contributed by atoms with Crippen LogP contribution in [0, 0.1) is 13.8 Å². The lowest BCUT2D eigenvalue weighted by atomic mass is 10.0. The lowest BCUT2D eigenvalue weighted by molar-refractivity contribution is -0.121. The van der Waals surface area contributed by atoms with E-state index >= 15 is 0 Å². The number of aliphatic hydroxyl groups excluding tert-OH is 1. The predicted octanol–water partition coefficient (Wildman–Crippen LogP) is 1.79. The van der Waals surface area contributed by atoms with E-state index in [0.717, 1.165) is 16.8 Å². The van der Waals surface area contributed by atoms with E-state index in [4.69, 9.17) is 0 Å². The van der Waals surface area contributed by atoms with Crippen LogP contribution in [0.4, 0.5) is 5.69 Å². The maximum atomic E-state index is 11.8. The molecule has 0 spiro atoms. The van der Waals surface area contributed by atoms with Crippen LogP contribution in [0.3, 0.4) is 0 Å². The lowest BCUT2D eigenvalue weighted by Crippen LogP contribution is -2.42. The minimum absolute atomic E-state index is 0.110. The van der Waals surface area contributed by atoms with Gasteiger partial charge in [0.2, 0.25) is 5.91 Å². The highest BCUT2D eigenvalue weighted by molar-refractivity contribution is 5.95. The Balaban J connectivity index is 2.34. The van der Waals surface area contributed by atoms with Gasteiger partial charge < -0.3 is 10.0 Å². The first kappa shape index (κ1) is 11.1. The number of carbonyl (C=O) groups excluding carboxylic acids is 1. The van der Waals surface area contributed by atoms with Crippen molar-refractivity contribution in [2.24, 2.45) is 0 Å². The minimum atomic E-state index is -0.391. The van der Waals surface area contributed by atoms with E-state index < -0.39 is 6.10 Å². The molecule has 86 valence electrons. The maximum absolute atomic E-state index is 11.8. The molecule has 3 heteroatoms. The van der Waals surface area contributed by atoms with E-state index in [0.29, 0.717) is 19.4 Å². The highest BCUT2D eigenvalue weighted by Gasteiger charge is 2.26. The Morgan fingerprint density at radius 1 is 1.38 bits per heavy atom. The van der Waals surface area contributed by atoms with Crippen molar-refractivity contribution in [2.75, 3.05) is 11.4 Å². The fraction of sp³-hybridized carbons (Fsp3) is 0.462. The molecule has 3 nitrogen and oxygen atoms in total. The van der Waals surface area contributed by atoms with Gasteiger partial charge in [0, 0.05) is 12.1 Å². The van der Waals surface area contributed by atoms with Crippen molar-refractivity contribution in [3.63, 3.8) is 0 Å². The third-order valence-corrected chi connectivity index (χ3v) is 3.04. The average Bonchev–Trinajstić information content (AvgIpc) is 2.25. The molecule has 1 N–H and O–H groups in total. The van der Waals surface area contributed by atoms with Crippen LogP contribution in [0.15, 0.2) is 18.2 Å². The molecule has 0 bridgehead atoms. The summed E-state index contributed by atoms with van der Waals surface area (Å²) >= 11 is 0. The number of aryl methyl sites for hydroxylation is 2. The van der Waals surface area contributed by atoms with Gasteiger partial charge in [-0.1, -0.05) is 12.1 Å². The van der Waals surface area contributed by atoms with Gasteiger partial charge in [-0.15, -0.1) is 0 Å². The highest BCUT2D eigenvalue weighted by atomic mass is 16.3. The van der Waals surface area contributed by atoms with Crippen molar-refractivity contribution in [1.29, 1.82) is 0 Å². The molecular formula is C13H17NO2. The largest absolute Gasteiger partial charge is 0.391 e. The van der Waals surface area contributed by atoms with Gasteiger partial charge in [-0.05, 0) is 37.5 Å². The second kappa shape index (κ2) is 4.26. The summed E-state index contributed by atoms with van der Waals surface area (Å²) in [6.07, 6.45) is 0.631. The second-order valence-electron chi connectivity index (χ2n) is 4.49. The molecule has 1 atom stereocenters. The molecule has 1 unspecified atom stereocenters. The fourth-order valence-electron chi connectivity index (χ4n) is 2.07. The van der Waals surface area contributed by atoms with Gasteiger partial charge in [0.1, 0.15) is 0 Å². The van der Waals surface area contributed by atoms with Gasteiger partial charge in [0.25, 0.3) is 0 Å². The van der Waals surface area contributed by atoms with E-state index in [9.17, 15) is 9.90 Å².